The minimum absolute atomic E-state index is 0.563. The molecule has 4 heterocycles. The summed E-state index contributed by atoms with van der Waals surface area (Å²) in [5, 5.41) is 5.74. The second-order valence-corrected chi connectivity index (χ2v) is 6.06. The summed E-state index contributed by atoms with van der Waals surface area (Å²) in [5.41, 5.74) is 1.05. The predicted molar refractivity (Wildman–Crippen MR) is 74.0 cm³/mol. The van der Waals surface area contributed by atoms with Gasteiger partial charge in [0.05, 0.1) is 10.2 Å². The monoisotopic (exact) mass is 260 g/mol. The third-order valence-electron chi connectivity index (χ3n) is 4.17. The van der Waals surface area contributed by atoms with Gasteiger partial charge in [0.2, 0.25) is 0 Å². The number of anilines is 1. The molecule has 2 saturated heterocycles. The highest BCUT2D eigenvalue weighted by Gasteiger charge is 2.37. The van der Waals surface area contributed by atoms with Crippen molar-refractivity contribution in [1.82, 2.24) is 14.9 Å². The summed E-state index contributed by atoms with van der Waals surface area (Å²) in [6.45, 7) is 2.52. The molecule has 0 spiro atoms. The molecular weight excluding hydrogens is 244 g/mol. The van der Waals surface area contributed by atoms with E-state index in [1.807, 2.05) is 0 Å². The zero-order valence-electron chi connectivity index (χ0n) is 10.2. The van der Waals surface area contributed by atoms with Crippen LogP contribution in [-0.2, 0) is 0 Å². The molecule has 2 aromatic heterocycles. The van der Waals surface area contributed by atoms with E-state index in [1.54, 1.807) is 17.7 Å². The van der Waals surface area contributed by atoms with Crippen LogP contribution in [0.2, 0.25) is 0 Å². The first-order valence-corrected chi connectivity index (χ1v) is 7.48. The molecule has 0 amide bonds. The number of fused-ring (bicyclic) bond motifs is 2. The Hall–Kier alpha value is -1.20. The molecule has 4 nitrogen and oxygen atoms in total. The Kier molecular flexibility index (Phi) is 2.48. The lowest BCUT2D eigenvalue weighted by atomic mass is 10.1. The van der Waals surface area contributed by atoms with Crippen molar-refractivity contribution in [2.24, 2.45) is 0 Å². The Morgan fingerprint density at radius 1 is 1.28 bits per heavy atom. The van der Waals surface area contributed by atoms with Crippen LogP contribution in [0.1, 0.15) is 19.3 Å². The molecule has 0 saturated carbocycles. The van der Waals surface area contributed by atoms with Crippen LogP contribution in [0.25, 0.3) is 10.2 Å². The predicted octanol–water partition coefficient (Wildman–Crippen LogP) is 2.34. The number of aromatic nitrogens is 2. The molecule has 2 aromatic rings. The van der Waals surface area contributed by atoms with E-state index < -0.39 is 0 Å². The van der Waals surface area contributed by atoms with E-state index in [2.05, 4.69) is 31.6 Å². The second kappa shape index (κ2) is 4.17. The molecule has 94 valence electrons. The normalized spacial score (nSPS) is 27.8. The minimum Gasteiger partial charge on any atom is -0.364 e. The van der Waals surface area contributed by atoms with E-state index in [-0.39, 0.29) is 0 Å². The van der Waals surface area contributed by atoms with Crippen LogP contribution in [0.3, 0.4) is 0 Å². The van der Waals surface area contributed by atoms with E-state index >= 15 is 0 Å². The summed E-state index contributed by atoms with van der Waals surface area (Å²) in [7, 11) is 0. The van der Waals surface area contributed by atoms with Gasteiger partial charge in [-0.15, -0.1) is 11.3 Å². The number of nitrogens with one attached hydrogen (secondary N) is 1. The number of nitrogens with zero attached hydrogens (tertiary/aromatic N) is 3. The maximum Gasteiger partial charge on any atom is 0.147 e. The molecule has 1 N–H and O–H groups in total. The molecule has 5 heteroatoms. The Morgan fingerprint density at radius 2 is 2.28 bits per heavy atom. The van der Waals surface area contributed by atoms with Crippen LogP contribution >= 0.6 is 11.3 Å². The first kappa shape index (κ1) is 10.7. The number of rotatable bonds is 2. The SMILES string of the molecule is c1nc(NC2CCN3CCCC23)c2sccc2n1. The van der Waals surface area contributed by atoms with Gasteiger partial charge < -0.3 is 5.32 Å². The standard InChI is InChI=1S/C13H16N4S/c1-2-11-9(3-6-17(11)5-1)16-13-12-10(4-7-18-12)14-8-15-13/h4,7-9,11H,1-3,5-6H2,(H,14,15,16). The molecule has 4 rings (SSSR count). The van der Waals surface area contributed by atoms with Crippen LogP contribution in [0, 0.1) is 0 Å². The summed E-state index contributed by atoms with van der Waals surface area (Å²) in [6, 6.07) is 3.34. The lowest BCUT2D eigenvalue weighted by Gasteiger charge is -2.21. The van der Waals surface area contributed by atoms with Crippen molar-refractivity contribution in [2.45, 2.75) is 31.3 Å². The third kappa shape index (κ3) is 1.61. The zero-order chi connectivity index (χ0) is 11.9. The molecule has 0 radical (unpaired) electrons. The van der Waals surface area contributed by atoms with Gasteiger partial charge in [0.25, 0.3) is 0 Å². The zero-order valence-corrected chi connectivity index (χ0v) is 11.0. The number of thiophene rings is 1. The van der Waals surface area contributed by atoms with Gasteiger partial charge in [-0.25, -0.2) is 9.97 Å². The quantitative estimate of drug-likeness (QED) is 0.900. The van der Waals surface area contributed by atoms with Gasteiger partial charge in [0.15, 0.2) is 0 Å². The third-order valence-corrected chi connectivity index (χ3v) is 5.08. The van der Waals surface area contributed by atoms with Gasteiger partial charge >= 0.3 is 0 Å². The van der Waals surface area contributed by atoms with Crippen LogP contribution in [0.15, 0.2) is 17.8 Å². The average Bonchev–Trinajstić information content (AvgIpc) is 3.06. The van der Waals surface area contributed by atoms with Crippen molar-refractivity contribution in [1.29, 1.82) is 0 Å². The smallest absolute Gasteiger partial charge is 0.147 e. The Balaban J connectivity index is 1.62. The van der Waals surface area contributed by atoms with Crippen LogP contribution in [-0.4, -0.2) is 40.0 Å². The summed E-state index contributed by atoms with van der Waals surface area (Å²) >= 11 is 1.72. The summed E-state index contributed by atoms with van der Waals surface area (Å²) in [4.78, 5) is 11.3. The molecule has 0 bridgehead atoms. The highest BCUT2D eigenvalue weighted by Crippen LogP contribution is 2.32. The van der Waals surface area contributed by atoms with E-state index in [1.165, 1.54) is 37.1 Å². The maximum atomic E-state index is 4.43. The lowest BCUT2D eigenvalue weighted by molar-refractivity contribution is 0.318. The van der Waals surface area contributed by atoms with Crippen molar-refractivity contribution < 1.29 is 0 Å². The van der Waals surface area contributed by atoms with Gasteiger partial charge in [0, 0.05) is 18.6 Å². The first-order valence-electron chi connectivity index (χ1n) is 6.60. The summed E-state index contributed by atoms with van der Waals surface area (Å²) in [6.07, 6.45) is 5.58. The van der Waals surface area contributed by atoms with Crippen molar-refractivity contribution >= 4 is 27.4 Å². The van der Waals surface area contributed by atoms with Gasteiger partial charge in [-0.3, -0.25) is 4.90 Å². The fourth-order valence-electron chi connectivity index (χ4n) is 3.32. The fourth-order valence-corrected chi connectivity index (χ4v) is 4.12. The molecular formula is C13H16N4S. The Labute approximate surface area is 110 Å². The molecule has 2 aliphatic heterocycles. The van der Waals surface area contributed by atoms with E-state index in [0.717, 1.165) is 17.4 Å². The van der Waals surface area contributed by atoms with Crippen molar-refractivity contribution in [3.05, 3.63) is 17.8 Å². The molecule has 0 aromatic carbocycles. The topological polar surface area (TPSA) is 41.1 Å². The molecule has 18 heavy (non-hydrogen) atoms. The van der Waals surface area contributed by atoms with Crippen LogP contribution < -0.4 is 5.32 Å². The fraction of sp³-hybridized carbons (Fsp3) is 0.538. The van der Waals surface area contributed by atoms with Gasteiger partial charge in [-0.05, 0) is 37.3 Å². The highest BCUT2D eigenvalue weighted by atomic mass is 32.1. The molecule has 0 aliphatic carbocycles. The van der Waals surface area contributed by atoms with E-state index in [9.17, 15) is 0 Å². The largest absolute Gasteiger partial charge is 0.364 e. The minimum atomic E-state index is 0.563. The van der Waals surface area contributed by atoms with Gasteiger partial charge in [-0.1, -0.05) is 0 Å². The Morgan fingerprint density at radius 3 is 3.28 bits per heavy atom. The van der Waals surface area contributed by atoms with E-state index in [4.69, 9.17) is 0 Å². The number of hydrogen-bond acceptors (Lipinski definition) is 5. The van der Waals surface area contributed by atoms with Crippen LogP contribution in [0.4, 0.5) is 5.82 Å². The Bertz CT molecular complexity index is 567. The molecule has 2 fully saturated rings. The highest BCUT2D eigenvalue weighted by molar-refractivity contribution is 7.17. The summed E-state index contributed by atoms with van der Waals surface area (Å²) in [5.74, 6) is 1.02. The molecule has 2 unspecified atom stereocenters. The maximum absolute atomic E-state index is 4.43. The van der Waals surface area contributed by atoms with Crippen molar-refractivity contribution in [2.75, 3.05) is 18.4 Å². The second-order valence-electron chi connectivity index (χ2n) is 5.14. The molecule has 2 aliphatic rings. The lowest BCUT2D eigenvalue weighted by Crippen LogP contribution is -2.34. The first-order chi connectivity index (χ1) is 8.92. The van der Waals surface area contributed by atoms with Gasteiger partial charge in [-0.2, -0.15) is 0 Å². The molecule has 2 atom stereocenters. The van der Waals surface area contributed by atoms with E-state index in [0.29, 0.717) is 6.04 Å². The van der Waals surface area contributed by atoms with Crippen molar-refractivity contribution in [3.63, 3.8) is 0 Å². The number of hydrogen-bond donors (Lipinski definition) is 1. The van der Waals surface area contributed by atoms with Crippen LogP contribution in [0.5, 0.6) is 0 Å². The van der Waals surface area contributed by atoms with Crippen molar-refractivity contribution in [3.8, 4) is 0 Å². The summed E-state index contributed by atoms with van der Waals surface area (Å²) < 4.78 is 1.19. The van der Waals surface area contributed by atoms with Gasteiger partial charge in [0.1, 0.15) is 12.1 Å². The average molecular weight is 260 g/mol.